The predicted molar refractivity (Wildman–Crippen MR) is 145 cm³/mol. The largest absolute Gasteiger partial charge is 0.494 e. The van der Waals surface area contributed by atoms with E-state index in [0.29, 0.717) is 24.0 Å². The average Bonchev–Trinajstić information content (AvgIpc) is 3.37. The van der Waals surface area contributed by atoms with E-state index in [1.165, 1.54) is 5.56 Å². The molecule has 4 rings (SSSR count). The maximum absolute atomic E-state index is 13.3. The monoisotopic (exact) mass is 487 g/mol. The van der Waals surface area contributed by atoms with Gasteiger partial charge in [0.1, 0.15) is 17.1 Å². The second-order valence-corrected chi connectivity index (χ2v) is 9.41. The number of pyridine rings is 1. The van der Waals surface area contributed by atoms with Gasteiger partial charge in [-0.2, -0.15) is 0 Å². The number of aromatic nitrogens is 1. The third kappa shape index (κ3) is 6.05. The highest BCUT2D eigenvalue weighted by atomic mass is 16.5. The smallest absolute Gasteiger partial charge is 0.342 e. The van der Waals surface area contributed by atoms with Gasteiger partial charge in [-0.15, -0.1) is 0 Å². The number of ether oxygens (including phenoxy) is 2. The van der Waals surface area contributed by atoms with Crippen LogP contribution in [-0.2, 0) is 11.3 Å². The van der Waals surface area contributed by atoms with Gasteiger partial charge in [0.05, 0.1) is 12.7 Å². The summed E-state index contributed by atoms with van der Waals surface area (Å²) in [5, 5.41) is 0. The Kier molecular flexibility index (Phi) is 8.60. The summed E-state index contributed by atoms with van der Waals surface area (Å²) in [6.45, 7) is 12.1. The molecule has 0 aliphatic carbocycles. The Morgan fingerprint density at radius 3 is 2.64 bits per heavy atom. The van der Waals surface area contributed by atoms with Crippen molar-refractivity contribution < 1.29 is 14.3 Å². The summed E-state index contributed by atoms with van der Waals surface area (Å²) in [5.41, 5.74) is 3.63. The van der Waals surface area contributed by atoms with Crippen molar-refractivity contribution in [1.29, 1.82) is 0 Å². The molecule has 0 saturated carbocycles. The van der Waals surface area contributed by atoms with Crippen LogP contribution in [0.4, 0.5) is 5.82 Å². The lowest BCUT2D eigenvalue weighted by molar-refractivity contribution is 0.0379. The summed E-state index contributed by atoms with van der Waals surface area (Å²) in [4.78, 5) is 22.8. The lowest BCUT2D eigenvalue weighted by Crippen LogP contribution is -2.37. The molecule has 1 aliphatic rings. The van der Waals surface area contributed by atoms with E-state index in [-0.39, 0.29) is 12.1 Å². The van der Waals surface area contributed by atoms with Gasteiger partial charge in [-0.3, -0.25) is 4.90 Å². The van der Waals surface area contributed by atoms with Crippen molar-refractivity contribution >= 4 is 11.8 Å². The lowest BCUT2D eigenvalue weighted by atomic mass is 10.0. The fraction of sp³-hybridized carbons (Fsp3) is 0.400. The number of nitrogens with zero attached hydrogens (tertiary/aromatic N) is 3. The van der Waals surface area contributed by atoms with Crippen molar-refractivity contribution in [1.82, 2.24) is 9.88 Å². The zero-order valence-corrected chi connectivity index (χ0v) is 21.8. The molecule has 3 aromatic rings. The molecule has 2 heterocycles. The van der Waals surface area contributed by atoms with E-state index in [0.717, 1.165) is 49.5 Å². The summed E-state index contributed by atoms with van der Waals surface area (Å²) in [6, 6.07) is 20.6. The van der Waals surface area contributed by atoms with Crippen LogP contribution in [0, 0.1) is 0 Å². The molecule has 1 fully saturated rings. The van der Waals surface area contributed by atoms with Crippen LogP contribution >= 0.6 is 0 Å². The first kappa shape index (κ1) is 25.7. The maximum Gasteiger partial charge on any atom is 0.342 e. The number of carbonyl (C=O) groups is 1. The number of rotatable bonds is 10. The Balaban J connectivity index is 1.59. The Hall–Kier alpha value is -3.38. The molecule has 36 heavy (non-hydrogen) atoms. The van der Waals surface area contributed by atoms with Crippen molar-refractivity contribution in [2.45, 2.75) is 52.8 Å². The van der Waals surface area contributed by atoms with E-state index >= 15 is 0 Å². The predicted octanol–water partition coefficient (Wildman–Crippen LogP) is 5.81. The van der Waals surface area contributed by atoms with Gasteiger partial charge in [-0.25, -0.2) is 9.78 Å². The van der Waals surface area contributed by atoms with Crippen molar-refractivity contribution in [3.05, 3.63) is 78.0 Å². The van der Waals surface area contributed by atoms with Gasteiger partial charge in [0, 0.05) is 37.4 Å². The first-order valence-corrected chi connectivity index (χ1v) is 13.0. The molecule has 0 N–H and O–H groups in total. The molecule has 1 atom stereocenters. The van der Waals surface area contributed by atoms with Crippen LogP contribution in [-0.4, -0.2) is 54.2 Å². The third-order valence-corrected chi connectivity index (χ3v) is 6.54. The van der Waals surface area contributed by atoms with E-state index in [2.05, 4.69) is 34.9 Å². The molecule has 2 aromatic carbocycles. The first-order valence-electron chi connectivity index (χ1n) is 13.0. The molecule has 1 saturated heterocycles. The number of esters is 1. The molecular formula is C30H37N3O3. The van der Waals surface area contributed by atoms with E-state index in [4.69, 9.17) is 14.5 Å². The molecule has 6 heteroatoms. The topological polar surface area (TPSA) is 54.9 Å². The molecule has 190 valence electrons. The minimum absolute atomic E-state index is 0.205. The minimum Gasteiger partial charge on any atom is -0.494 e. The van der Waals surface area contributed by atoms with Crippen molar-refractivity contribution in [3.8, 4) is 16.9 Å². The Morgan fingerprint density at radius 1 is 1.11 bits per heavy atom. The first-order chi connectivity index (χ1) is 17.5. The van der Waals surface area contributed by atoms with Crippen molar-refractivity contribution in [2.24, 2.45) is 0 Å². The molecule has 1 aromatic heterocycles. The molecule has 0 unspecified atom stereocenters. The fourth-order valence-electron chi connectivity index (χ4n) is 4.89. The van der Waals surface area contributed by atoms with Gasteiger partial charge >= 0.3 is 5.97 Å². The van der Waals surface area contributed by atoms with E-state index < -0.39 is 0 Å². The number of hydrogen-bond donors (Lipinski definition) is 0. The molecule has 0 spiro atoms. The van der Waals surface area contributed by atoms with Crippen LogP contribution in [0.2, 0.25) is 0 Å². The fourth-order valence-corrected chi connectivity index (χ4v) is 4.89. The highest BCUT2D eigenvalue weighted by Crippen LogP contribution is 2.33. The van der Waals surface area contributed by atoms with Crippen molar-refractivity contribution in [2.75, 3.05) is 31.1 Å². The third-order valence-electron chi connectivity index (χ3n) is 6.54. The zero-order chi connectivity index (χ0) is 25.5. The van der Waals surface area contributed by atoms with Crippen LogP contribution < -0.4 is 9.64 Å². The Bertz CT molecular complexity index is 1150. The molecule has 0 amide bonds. The van der Waals surface area contributed by atoms with Crippen molar-refractivity contribution in [3.63, 3.8) is 0 Å². The SMILES string of the molecule is CCOc1cccc(CN(CC)[C@@H]2CCN(c3nccc(-c4ccccc4)c3C(=O)OC(C)C)C2)c1. The van der Waals surface area contributed by atoms with Crippen LogP contribution in [0.3, 0.4) is 0 Å². The Morgan fingerprint density at radius 2 is 1.92 bits per heavy atom. The van der Waals surface area contributed by atoms with Gasteiger partial charge in [-0.05, 0) is 63.1 Å². The Labute approximate surface area is 214 Å². The van der Waals surface area contributed by atoms with E-state index in [1.807, 2.05) is 63.2 Å². The summed E-state index contributed by atoms with van der Waals surface area (Å²) in [7, 11) is 0. The summed E-state index contributed by atoms with van der Waals surface area (Å²) < 4.78 is 11.4. The van der Waals surface area contributed by atoms with Gasteiger partial charge in [0.2, 0.25) is 0 Å². The lowest BCUT2D eigenvalue weighted by Gasteiger charge is -2.28. The van der Waals surface area contributed by atoms with Crippen LogP contribution in [0.15, 0.2) is 66.9 Å². The van der Waals surface area contributed by atoms with Gasteiger partial charge in [0.25, 0.3) is 0 Å². The zero-order valence-electron chi connectivity index (χ0n) is 21.8. The normalized spacial score (nSPS) is 15.5. The quantitative estimate of drug-likeness (QED) is 0.336. The number of likely N-dealkylation sites (N-methyl/N-ethyl adjacent to an activating group) is 1. The van der Waals surface area contributed by atoms with Crippen LogP contribution in [0.25, 0.3) is 11.1 Å². The second kappa shape index (κ2) is 12.0. The van der Waals surface area contributed by atoms with Gasteiger partial charge in [-0.1, -0.05) is 49.4 Å². The molecule has 1 aliphatic heterocycles. The summed E-state index contributed by atoms with van der Waals surface area (Å²) in [6.07, 6.45) is 2.60. The standard InChI is InChI=1S/C30H37N3O3/c1-5-32(20-23-11-10-14-26(19-23)35-6-2)25-16-18-33(21-25)29-28(30(34)36-22(3)4)27(15-17-31-29)24-12-8-7-9-13-24/h7-15,17,19,22,25H,5-6,16,18,20-21H2,1-4H3/t25-/m1/s1. The van der Waals surface area contributed by atoms with Crippen LogP contribution in [0.5, 0.6) is 5.75 Å². The maximum atomic E-state index is 13.3. The molecule has 6 nitrogen and oxygen atoms in total. The van der Waals surface area contributed by atoms with Gasteiger partial charge in [0.15, 0.2) is 0 Å². The highest BCUT2D eigenvalue weighted by Gasteiger charge is 2.32. The average molecular weight is 488 g/mol. The number of hydrogen-bond acceptors (Lipinski definition) is 6. The second-order valence-electron chi connectivity index (χ2n) is 9.41. The van der Waals surface area contributed by atoms with Crippen LogP contribution in [0.1, 0.15) is 50.0 Å². The number of benzene rings is 2. The van der Waals surface area contributed by atoms with E-state index in [1.54, 1.807) is 6.20 Å². The highest BCUT2D eigenvalue weighted by molar-refractivity contribution is 6.02. The molecule has 0 radical (unpaired) electrons. The molecule has 0 bridgehead atoms. The van der Waals surface area contributed by atoms with Gasteiger partial charge < -0.3 is 14.4 Å². The summed E-state index contributed by atoms with van der Waals surface area (Å²) >= 11 is 0. The summed E-state index contributed by atoms with van der Waals surface area (Å²) in [5.74, 6) is 1.30. The minimum atomic E-state index is -0.324. The number of anilines is 1. The molecular weight excluding hydrogens is 450 g/mol. The van der Waals surface area contributed by atoms with E-state index in [9.17, 15) is 4.79 Å². The number of carbonyl (C=O) groups excluding carboxylic acids is 1.